The zero-order valence-electron chi connectivity index (χ0n) is 14.5. The number of aryl methyl sites for hydroxylation is 1. The molecular formula is C18H14F3N3O2S2. The maximum Gasteiger partial charge on any atom is 0.416 e. The first kappa shape index (κ1) is 20.0. The van der Waals surface area contributed by atoms with Crippen LogP contribution in [0, 0.1) is 6.92 Å². The summed E-state index contributed by atoms with van der Waals surface area (Å²) in [6.07, 6.45) is -4.62. The summed E-state index contributed by atoms with van der Waals surface area (Å²) in [5.74, 6) is -0.793. The van der Waals surface area contributed by atoms with Gasteiger partial charge in [-0.1, -0.05) is 12.1 Å². The summed E-state index contributed by atoms with van der Waals surface area (Å²) < 4.78 is 38.9. The van der Waals surface area contributed by atoms with Gasteiger partial charge in [0.25, 0.3) is 5.91 Å². The molecule has 0 atom stereocenters. The highest BCUT2D eigenvalue weighted by atomic mass is 32.1. The van der Waals surface area contributed by atoms with Crippen LogP contribution in [0.15, 0.2) is 41.1 Å². The second-order valence-electron chi connectivity index (χ2n) is 5.83. The van der Waals surface area contributed by atoms with Gasteiger partial charge in [-0.15, -0.1) is 22.7 Å². The van der Waals surface area contributed by atoms with Gasteiger partial charge in [0.15, 0.2) is 5.13 Å². The van der Waals surface area contributed by atoms with Crippen LogP contribution in [0.4, 0.5) is 24.0 Å². The van der Waals surface area contributed by atoms with Crippen LogP contribution in [0.25, 0.3) is 0 Å². The summed E-state index contributed by atoms with van der Waals surface area (Å²) in [5, 5.41) is 8.82. The molecule has 2 heterocycles. The molecule has 1 aromatic carbocycles. The molecule has 2 N–H and O–H groups in total. The minimum absolute atomic E-state index is 0.0596. The van der Waals surface area contributed by atoms with E-state index in [1.165, 1.54) is 30.4 Å². The molecule has 0 bridgehead atoms. The minimum Gasteiger partial charge on any atom is -0.326 e. The first-order chi connectivity index (χ1) is 13.2. The highest BCUT2D eigenvalue weighted by Gasteiger charge is 2.32. The highest BCUT2D eigenvalue weighted by molar-refractivity contribution is 7.14. The van der Waals surface area contributed by atoms with Gasteiger partial charge in [0.2, 0.25) is 5.91 Å². The molecule has 3 aromatic rings. The molecule has 0 spiro atoms. The van der Waals surface area contributed by atoms with Crippen molar-refractivity contribution in [3.63, 3.8) is 0 Å². The molecule has 0 aliphatic rings. The van der Waals surface area contributed by atoms with Gasteiger partial charge >= 0.3 is 6.18 Å². The second kappa shape index (κ2) is 8.11. The molecule has 28 heavy (non-hydrogen) atoms. The van der Waals surface area contributed by atoms with Gasteiger partial charge in [-0.25, -0.2) is 4.98 Å². The highest BCUT2D eigenvalue weighted by Crippen LogP contribution is 2.33. The van der Waals surface area contributed by atoms with E-state index in [-0.39, 0.29) is 23.6 Å². The maximum absolute atomic E-state index is 13.0. The van der Waals surface area contributed by atoms with Crippen LogP contribution in [0.1, 0.15) is 26.5 Å². The summed E-state index contributed by atoms with van der Waals surface area (Å²) in [6.45, 7) is 1.36. The SMILES string of the molecule is Cc1ccc(NC(=O)Cc2csc(NC(=O)c3cccs3)n2)cc1C(F)(F)F. The predicted octanol–water partition coefficient (Wildman–Crippen LogP) is 4.97. The number of hydrogen-bond acceptors (Lipinski definition) is 5. The molecule has 0 saturated carbocycles. The number of alkyl halides is 3. The Hall–Kier alpha value is -2.72. The fraction of sp³-hybridized carbons (Fsp3) is 0.167. The minimum atomic E-state index is -4.49. The smallest absolute Gasteiger partial charge is 0.326 e. The van der Waals surface area contributed by atoms with Crippen molar-refractivity contribution in [3.05, 3.63) is 62.8 Å². The Morgan fingerprint density at radius 1 is 1.14 bits per heavy atom. The molecule has 10 heteroatoms. The first-order valence-corrected chi connectivity index (χ1v) is 9.75. The number of thiophene rings is 1. The number of hydrogen-bond donors (Lipinski definition) is 2. The van der Waals surface area contributed by atoms with Crippen molar-refractivity contribution in [2.75, 3.05) is 10.6 Å². The lowest BCUT2D eigenvalue weighted by Gasteiger charge is -2.12. The van der Waals surface area contributed by atoms with E-state index in [0.717, 1.165) is 17.4 Å². The van der Waals surface area contributed by atoms with Crippen LogP contribution in [-0.4, -0.2) is 16.8 Å². The maximum atomic E-state index is 13.0. The molecule has 146 valence electrons. The van der Waals surface area contributed by atoms with Gasteiger partial charge in [0.05, 0.1) is 22.6 Å². The number of carbonyl (C=O) groups excluding carboxylic acids is 2. The summed E-state index contributed by atoms with van der Waals surface area (Å²) in [6, 6.07) is 7.06. The molecule has 0 fully saturated rings. The Bertz CT molecular complexity index is 998. The number of carbonyl (C=O) groups is 2. The summed E-state index contributed by atoms with van der Waals surface area (Å²) >= 11 is 2.46. The Morgan fingerprint density at radius 2 is 1.93 bits per heavy atom. The topological polar surface area (TPSA) is 71.1 Å². The average molecular weight is 425 g/mol. The monoisotopic (exact) mass is 425 g/mol. The standard InChI is InChI=1S/C18H14F3N3O2S2/c1-10-4-5-11(7-13(10)18(19,20)21)22-15(25)8-12-9-28-17(23-12)24-16(26)14-3-2-6-27-14/h2-7,9H,8H2,1H3,(H,22,25)(H,23,24,26). The fourth-order valence-corrected chi connectivity index (χ4v) is 3.71. The molecule has 0 radical (unpaired) electrons. The molecular weight excluding hydrogens is 411 g/mol. The number of aromatic nitrogens is 1. The van der Waals surface area contributed by atoms with Gasteiger partial charge in [0, 0.05) is 11.1 Å². The van der Waals surface area contributed by atoms with Crippen molar-refractivity contribution in [1.29, 1.82) is 0 Å². The van der Waals surface area contributed by atoms with Crippen LogP contribution in [-0.2, 0) is 17.4 Å². The number of amides is 2. The largest absolute Gasteiger partial charge is 0.416 e. The van der Waals surface area contributed by atoms with Crippen LogP contribution < -0.4 is 10.6 Å². The van der Waals surface area contributed by atoms with E-state index in [1.807, 2.05) is 0 Å². The molecule has 2 amide bonds. The lowest BCUT2D eigenvalue weighted by atomic mass is 10.1. The van der Waals surface area contributed by atoms with Crippen molar-refractivity contribution < 1.29 is 22.8 Å². The molecule has 0 aliphatic heterocycles. The first-order valence-electron chi connectivity index (χ1n) is 7.99. The average Bonchev–Trinajstić information content (AvgIpc) is 3.27. The zero-order valence-corrected chi connectivity index (χ0v) is 16.1. The Labute approximate surface area is 166 Å². The van der Waals surface area contributed by atoms with Crippen molar-refractivity contribution in [2.24, 2.45) is 0 Å². The third-order valence-corrected chi connectivity index (χ3v) is 5.36. The van der Waals surface area contributed by atoms with Crippen LogP contribution in [0.2, 0.25) is 0 Å². The molecule has 2 aromatic heterocycles. The number of halogens is 3. The van der Waals surface area contributed by atoms with E-state index in [9.17, 15) is 22.8 Å². The Morgan fingerprint density at radius 3 is 2.61 bits per heavy atom. The molecule has 3 rings (SSSR count). The molecule has 0 aliphatic carbocycles. The summed E-state index contributed by atoms with van der Waals surface area (Å²) in [4.78, 5) is 28.8. The second-order valence-corrected chi connectivity index (χ2v) is 7.63. The quantitative estimate of drug-likeness (QED) is 0.607. The van der Waals surface area contributed by atoms with Crippen molar-refractivity contribution >= 4 is 45.3 Å². The van der Waals surface area contributed by atoms with Crippen molar-refractivity contribution in [3.8, 4) is 0 Å². The van der Waals surface area contributed by atoms with Crippen molar-refractivity contribution in [2.45, 2.75) is 19.5 Å². The van der Waals surface area contributed by atoms with E-state index in [1.54, 1.807) is 22.9 Å². The van der Waals surface area contributed by atoms with Crippen LogP contribution in [0.3, 0.4) is 0 Å². The van der Waals surface area contributed by atoms with Crippen molar-refractivity contribution in [1.82, 2.24) is 4.98 Å². The number of thiazole rings is 1. The van der Waals surface area contributed by atoms with Gasteiger partial charge in [-0.3, -0.25) is 14.9 Å². The van der Waals surface area contributed by atoms with E-state index < -0.39 is 17.6 Å². The van der Waals surface area contributed by atoms with Gasteiger partial charge in [0.1, 0.15) is 0 Å². The zero-order chi connectivity index (χ0) is 20.3. The normalized spacial score (nSPS) is 11.3. The van der Waals surface area contributed by atoms with Gasteiger partial charge in [-0.05, 0) is 36.1 Å². The number of nitrogens with one attached hydrogen (secondary N) is 2. The predicted molar refractivity (Wildman–Crippen MR) is 103 cm³/mol. The van der Waals surface area contributed by atoms with E-state index in [0.29, 0.717) is 15.7 Å². The Kier molecular flexibility index (Phi) is 5.80. The van der Waals surface area contributed by atoms with Gasteiger partial charge < -0.3 is 5.32 Å². The molecule has 0 unspecified atom stereocenters. The van der Waals surface area contributed by atoms with E-state index in [2.05, 4.69) is 15.6 Å². The molecule has 5 nitrogen and oxygen atoms in total. The number of nitrogens with zero attached hydrogens (tertiary/aromatic N) is 1. The third-order valence-electron chi connectivity index (χ3n) is 3.69. The lowest BCUT2D eigenvalue weighted by Crippen LogP contribution is -2.16. The number of benzene rings is 1. The molecule has 0 saturated heterocycles. The van der Waals surface area contributed by atoms with E-state index >= 15 is 0 Å². The summed E-state index contributed by atoms with van der Waals surface area (Å²) in [7, 11) is 0. The fourth-order valence-electron chi connectivity index (χ4n) is 2.39. The lowest BCUT2D eigenvalue weighted by molar-refractivity contribution is -0.138. The number of rotatable bonds is 5. The van der Waals surface area contributed by atoms with Crippen LogP contribution in [0.5, 0.6) is 0 Å². The Balaban J connectivity index is 1.61. The van der Waals surface area contributed by atoms with Crippen LogP contribution >= 0.6 is 22.7 Å². The van der Waals surface area contributed by atoms with Gasteiger partial charge in [-0.2, -0.15) is 13.2 Å². The third kappa shape index (κ3) is 4.96. The number of anilines is 2. The summed E-state index contributed by atoms with van der Waals surface area (Å²) in [5.41, 5.74) is -0.245. The van der Waals surface area contributed by atoms with E-state index in [4.69, 9.17) is 0 Å².